The van der Waals surface area contributed by atoms with Crippen LogP contribution in [0.3, 0.4) is 0 Å². The van der Waals surface area contributed by atoms with Crippen molar-refractivity contribution in [2.75, 3.05) is 0 Å². The fourth-order valence-electron chi connectivity index (χ4n) is 3.72. The Kier molecular flexibility index (Phi) is 5.37. The van der Waals surface area contributed by atoms with Crippen molar-refractivity contribution >= 4 is 37.5 Å². The van der Waals surface area contributed by atoms with Crippen LogP contribution < -0.4 is 0 Å². The van der Waals surface area contributed by atoms with E-state index < -0.39 is 0 Å². The van der Waals surface area contributed by atoms with Crippen LogP contribution in [0, 0.1) is 20.8 Å². The highest BCUT2D eigenvalue weighted by atomic mass is 31.0. The van der Waals surface area contributed by atoms with Gasteiger partial charge in [-0.05, 0) is 37.5 Å². The number of aryl methyl sites for hydroxylation is 3. The van der Waals surface area contributed by atoms with Crippen molar-refractivity contribution in [3.8, 4) is 0 Å². The number of hydrogen-bond donors (Lipinski definition) is 0. The van der Waals surface area contributed by atoms with E-state index >= 15 is 0 Å². The van der Waals surface area contributed by atoms with E-state index in [1.165, 1.54) is 0 Å². The summed E-state index contributed by atoms with van der Waals surface area (Å²) < 4.78 is 0. The summed E-state index contributed by atoms with van der Waals surface area (Å²) in [7, 11) is 2.51. The molecule has 1 atom stereocenters. The Labute approximate surface area is 179 Å². The van der Waals surface area contributed by atoms with Crippen molar-refractivity contribution in [3.05, 3.63) is 111 Å². The van der Waals surface area contributed by atoms with E-state index in [0.717, 1.165) is 33.4 Å². The lowest BCUT2D eigenvalue weighted by molar-refractivity contribution is -0.112. The van der Waals surface area contributed by atoms with Gasteiger partial charge in [0.25, 0.3) is 0 Å². The minimum absolute atomic E-state index is 0.122. The van der Waals surface area contributed by atoms with Crippen molar-refractivity contribution in [1.82, 2.24) is 0 Å². The predicted molar refractivity (Wildman–Crippen MR) is 127 cm³/mol. The molecule has 1 aliphatic rings. The first-order valence-corrected chi connectivity index (χ1v) is 10.5. The number of ketones is 2. The van der Waals surface area contributed by atoms with E-state index in [1.807, 2.05) is 93.6 Å². The zero-order chi connectivity index (χ0) is 21.4. The van der Waals surface area contributed by atoms with Gasteiger partial charge in [-0.2, -0.15) is 0 Å². The Balaban J connectivity index is 1.97. The smallest absolute Gasteiger partial charge is 0.195 e. The van der Waals surface area contributed by atoms with Crippen LogP contribution >= 0.6 is 9.24 Å². The molecule has 1 unspecified atom stereocenters. The Bertz CT molecular complexity index is 1210. The second-order valence-corrected chi connectivity index (χ2v) is 8.37. The zero-order valence-corrected chi connectivity index (χ0v) is 18.5. The van der Waals surface area contributed by atoms with Crippen molar-refractivity contribution < 1.29 is 9.59 Å². The minimum Gasteiger partial charge on any atom is -0.289 e. The normalized spacial score (nSPS) is 14.5. The van der Waals surface area contributed by atoms with E-state index in [0.29, 0.717) is 22.0 Å². The Hall–Kier alpha value is -3.09. The van der Waals surface area contributed by atoms with Gasteiger partial charge < -0.3 is 0 Å². The lowest BCUT2D eigenvalue weighted by Gasteiger charge is -2.23. The highest BCUT2D eigenvalue weighted by Crippen LogP contribution is 2.42. The number of carbonyl (C=O) groups excluding carboxylic acids is 2. The molecule has 30 heavy (non-hydrogen) atoms. The number of carbonyl (C=O) groups is 2. The van der Waals surface area contributed by atoms with Crippen LogP contribution in [0.1, 0.15) is 33.4 Å². The Morgan fingerprint density at radius 3 is 1.13 bits per heavy atom. The van der Waals surface area contributed by atoms with E-state index in [9.17, 15) is 9.59 Å². The molecular weight excluding hydrogens is 387 g/mol. The van der Waals surface area contributed by atoms with Crippen LogP contribution in [0.4, 0.5) is 0 Å². The molecule has 0 radical (unpaired) electrons. The topological polar surface area (TPSA) is 34.1 Å². The van der Waals surface area contributed by atoms with Gasteiger partial charge in [0, 0.05) is 22.0 Å². The maximum absolute atomic E-state index is 13.8. The van der Waals surface area contributed by atoms with Crippen molar-refractivity contribution in [1.29, 1.82) is 0 Å². The number of rotatable bonds is 3. The van der Waals surface area contributed by atoms with Gasteiger partial charge in [-0.25, -0.2) is 0 Å². The van der Waals surface area contributed by atoms with Gasteiger partial charge in [-0.3, -0.25) is 9.59 Å². The molecule has 0 aliphatic heterocycles. The second kappa shape index (κ2) is 7.97. The van der Waals surface area contributed by atoms with Crippen LogP contribution in [0.5, 0.6) is 0 Å². The summed E-state index contributed by atoms with van der Waals surface area (Å²) in [5, 5.41) is 0.412. The maximum atomic E-state index is 13.8. The summed E-state index contributed by atoms with van der Waals surface area (Å²) in [4.78, 5) is 27.4. The van der Waals surface area contributed by atoms with Crippen LogP contribution in [0.25, 0.3) is 16.7 Å². The lowest BCUT2D eigenvalue weighted by Crippen LogP contribution is -2.20. The first-order valence-electron chi connectivity index (χ1n) is 9.91. The van der Waals surface area contributed by atoms with Gasteiger partial charge >= 0.3 is 0 Å². The van der Waals surface area contributed by atoms with Gasteiger partial charge in [0.05, 0.1) is 0 Å². The molecule has 0 N–H and O–H groups in total. The maximum Gasteiger partial charge on any atom is 0.195 e. The molecule has 0 spiro atoms. The number of benzene rings is 3. The van der Waals surface area contributed by atoms with E-state index in [2.05, 4.69) is 9.24 Å². The standard InChI is InChI=1S/C27H23O2P/c1-16-4-10-19(11-5-16)22-23(20-12-6-17(2)7-13-20)26(29)27(30)24(25(22)28)21-14-8-18(3)9-15-21/h4-15H,30H2,1-3H3. The predicted octanol–water partition coefficient (Wildman–Crippen LogP) is 5.96. The molecule has 0 aromatic heterocycles. The van der Waals surface area contributed by atoms with Gasteiger partial charge in [0.2, 0.25) is 0 Å². The summed E-state index contributed by atoms with van der Waals surface area (Å²) in [6.45, 7) is 6.01. The molecular formula is C27H23O2P. The van der Waals surface area contributed by atoms with Gasteiger partial charge in [0.1, 0.15) is 0 Å². The quantitative estimate of drug-likeness (QED) is 0.394. The monoisotopic (exact) mass is 410 g/mol. The molecule has 3 aromatic carbocycles. The number of Topliss-reactive ketones (excluding diaryl/α,β-unsaturated/α-hetero) is 2. The van der Waals surface area contributed by atoms with Gasteiger partial charge in [-0.15, -0.1) is 9.24 Å². The van der Waals surface area contributed by atoms with E-state index in [1.54, 1.807) is 0 Å². The summed E-state index contributed by atoms with van der Waals surface area (Å²) in [5.41, 5.74) is 6.98. The molecule has 2 nitrogen and oxygen atoms in total. The third-order valence-corrected chi connectivity index (χ3v) is 6.02. The fraction of sp³-hybridized carbons (Fsp3) is 0.111. The molecule has 0 fully saturated rings. The molecule has 0 bridgehead atoms. The largest absolute Gasteiger partial charge is 0.289 e. The summed E-state index contributed by atoms with van der Waals surface area (Å²) in [6.07, 6.45) is 0. The molecule has 0 amide bonds. The summed E-state index contributed by atoms with van der Waals surface area (Å²) in [5.74, 6) is -0.252. The molecule has 0 saturated carbocycles. The van der Waals surface area contributed by atoms with Gasteiger partial charge in [-0.1, -0.05) is 89.5 Å². The molecule has 1 aliphatic carbocycles. The third-order valence-electron chi connectivity index (χ3n) is 5.47. The zero-order valence-electron chi connectivity index (χ0n) is 17.3. The number of allylic oxidation sites excluding steroid dienone is 4. The molecule has 4 rings (SSSR count). The number of hydrogen-bond acceptors (Lipinski definition) is 2. The highest BCUT2D eigenvalue weighted by Gasteiger charge is 2.34. The Morgan fingerprint density at radius 1 is 0.467 bits per heavy atom. The van der Waals surface area contributed by atoms with Crippen molar-refractivity contribution in [2.45, 2.75) is 20.8 Å². The molecule has 148 valence electrons. The van der Waals surface area contributed by atoms with Crippen LogP contribution in [0.15, 0.2) is 78.1 Å². The summed E-state index contributed by atoms with van der Waals surface area (Å²) >= 11 is 0. The average Bonchev–Trinajstić information content (AvgIpc) is 2.74. The molecule has 3 aromatic rings. The molecule has 0 saturated heterocycles. The third kappa shape index (κ3) is 3.60. The van der Waals surface area contributed by atoms with Crippen molar-refractivity contribution in [2.24, 2.45) is 0 Å². The van der Waals surface area contributed by atoms with E-state index in [4.69, 9.17) is 0 Å². The van der Waals surface area contributed by atoms with Gasteiger partial charge in [0.15, 0.2) is 11.6 Å². The highest BCUT2D eigenvalue weighted by molar-refractivity contribution is 7.26. The SMILES string of the molecule is Cc1ccc(C2=C(P)C(=O)C(c3ccc(C)cc3)=C(c3ccc(C)cc3)C2=O)cc1. The van der Waals surface area contributed by atoms with E-state index in [-0.39, 0.29) is 11.6 Å². The Morgan fingerprint density at radius 2 is 0.767 bits per heavy atom. The van der Waals surface area contributed by atoms with Crippen LogP contribution in [0.2, 0.25) is 0 Å². The fourth-order valence-corrected chi connectivity index (χ4v) is 4.16. The first kappa shape index (κ1) is 20.2. The minimum atomic E-state index is -0.130. The second-order valence-electron chi connectivity index (χ2n) is 7.79. The molecule has 0 heterocycles. The average molecular weight is 410 g/mol. The van der Waals surface area contributed by atoms with Crippen LogP contribution in [-0.4, -0.2) is 11.6 Å². The molecule has 3 heteroatoms. The first-order chi connectivity index (χ1) is 14.4. The van der Waals surface area contributed by atoms with Crippen LogP contribution in [-0.2, 0) is 9.59 Å². The summed E-state index contributed by atoms with van der Waals surface area (Å²) in [6, 6.07) is 23.3. The lowest BCUT2D eigenvalue weighted by atomic mass is 9.80. The van der Waals surface area contributed by atoms with Crippen molar-refractivity contribution in [3.63, 3.8) is 0 Å².